The number of ether oxygens (including phenoxy) is 1. The SMILES string of the molecule is CC(=O)Oc1cccc(C(=O)NCc2cccc(NC(=O)c3cc(Cl)ccc3Cl)c2)c1. The first-order valence-corrected chi connectivity index (χ1v) is 9.99. The maximum absolute atomic E-state index is 12.5. The number of anilines is 1. The van der Waals surface area contributed by atoms with Crippen LogP contribution in [0.15, 0.2) is 66.7 Å². The Hall–Kier alpha value is -3.35. The van der Waals surface area contributed by atoms with E-state index in [0.29, 0.717) is 27.0 Å². The molecule has 0 unspecified atom stereocenters. The standard InChI is InChI=1S/C23H18Cl2N2O4/c1-14(28)31-19-7-3-5-16(11-19)22(29)26-13-15-4-2-6-18(10-15)27-23(30)20-12-17(24)8-9-21(20)25/h2-12H,13H2,1H3,(H,26,29)(H,27,30). The molecule has 8 heteroatoms. The molecule has 0 saturated heterocycles. The van der Waals surface area contributed by atoms with Crippen LogP contribution in [0.4, 0.5) is 5.69 Å². The number of carbonyl (C=O) groups excluding carboxylic acids is 3. The Labute approximate surface area is 189 Å². The molecule has 3 aromatic rings. The lowest BCUT2D eigenvalue weighted by atomic mass is 10.1. The van der Waals surface area contributed by atoms with E-state index >= 15 is 0 Å². The van der Waals surface area contributed by atoms with Crippen LogP contribution in [0.2, 0.25) is 10.0 Å². The molecule has 31 heavy (non-hydrogen) atoms. The predicted octanol–water partition coefficient (Wildman–Crippen LogP) is 5.10. The molecule has 0 fully saturated rings. The fourth-order valence-corrected chi connectivity index (χ4v) is 3.16. The molecule has 3 aromatic carbocycles. The quantitative estimate of drug-likeness (QED) is 0.399. The van der Waals surface area contributed by atoms with Crippen LogP contribution in [0.3, 0.4) is 0 Å². The third-order valence-corrected chi connectivity index (χ3v) is 4.73. The normalized spacial score (nSPS) is 10.3. The smallest absolute Gasteiger partial charge is 0.308 e. The van der Waals surface area contributed by atoms with Gasteiger partial charge in [-0.3, -0.25) is 14.4 Å². The van der Waals surface area contributed by atoms with Crippen molar-refractivity contribution < 1.29 is 19.1 Å². The van der Waals surface area contributed by atoms with Gasteiger partial charge in [-0.2, -0.15) is 0 Å². The largest absolute Gasteiger partial charge is 0.427 e. The van der Waals surface area contributed by atoms with Crippen molar-refractivity contribution in [2.75, 3.05) is 5.32 Å². The van der Waals surface area contributed by atoms with Crippen molar-refractivity contribution in [3.8, 4) is 5.75 Å². The van der Waals surface area contributed by atoms with Crippen LogP contribution in [0, 0.1) is 0 Å². The molecule has 0 heterocycles. The Morgan fingerprint density at radius 1 is 0.903 bits per heavy atom. The number of carbonyl (C=O) groups is 3. The Balaban J connectivity index is 1.64. The Bertz CT molecular complexity index is 1150. The summed E-state index contributed by atoms with van der Waals surface area (Å²) in [6, 6.07) is 18.0. The summed E-state index contributed by atoms with van der Waals surface area (Å²) in [4.78, 5) is 36.0. The van der Waals surface area contributed by atoms with Crippen molar-refractivity contribution in [1.29, 1.82) is 0 Å². The number of esters is 1. The number of rotatable bonds is 6. The second-order valence-corrected chi connectivity index (χ2v) is 7.43. The molecule has 0 bridgehead atoms. The van der Waals surface area contributed by atoms with E-state index in [2.05, 4.69) is 10.6 Å². The maximum atomic E-state index is 12.5. The minimum absolute atomic E-state index is 0.234. The lowest BCUT2D eigenvalue weighted by Crippen LogP contribution is -2.23. The predicted molar refractivity (Wildman–Crippen MR) is 120 cm³/mol. The van der Waals surface area contributed by atoms with Gasteiger partial charge in [0.2, 0.25) is 0 Å². The molecule has 3 rings (SSSR count). The number of hydrogen-bond donors (Lipinski definition) is 2. The van der Waals surface area contributed by atoms with Crippen molar-refractivity contribution in [2.45, 2.75) is 13.5 Å². The van der Waals surface area contributed by atoms with Crippen LogP contribution < -0.4 is 15.4 Å². The average Bonchev–Trinajstić information content (AvgIpc) is 2.73. The van der Waals surface area contributed by atoms with Crippen molar-refractivity contribution in [1.82, 2.24) is 5.32 Å². The average molecular weight is 457 g/mol. The van der Waals surface area contributed by atoms with E-state index in [4.69, 9.17) is 27.9 Å². The van der Waals surface area contributed by atoms with Gasteiger partial charge in [0.25, 0.3) is 11.8 Å². The fraction of sp³-hybridized carbons (Fsp3) is 0.0870. The third-order valence-electron chi connectivity index (χ3n) is 4.17. The van der Waals surface area contributed by atoms with Gasteiger partial charge in [0.1, 0.15) is 5.75 Å². The second-order valence-electron chi connectivity index (χ2n) is 6.58. The second kappa shape index (κ2) is 10.1. The zero-order valence-corrected chi connectivity index (χ0v) is 18.0. The molecule has 0 aliphatic carbocycles. The Morgan fingerprint density at radius 3 is 2.45 bits per heavy atom. The summed E-state index contributed by atoms with van der Waals surface area (Å²) in [5.41, 5.74) is 1.95. The van der Waals surface area contributed by atoms with E-state index in [1.807, 2.05) is 6.07 Å². The highest BCUT2D eigenvalue weighted by molar-refractivity contribution is 6.36. The molecule has 6 nitrogen and oxygen atoms in total. The number of nitrogens with one attached hydrogen (secondary N) is 2. The highest BCUT2D eigenvalue weighted by Crippen LogP contribution is 2.22. The van der Waals surface area contributed by atoms with E-state index in [0.717, 1.165) is 5.56 Å². The highest BCUT2D eigenvalue weighted by atomic mass is 35.5. The first kappa shape index (κ1) is 22.3. The molecule has 158 valence electrons. The lowest BCUT2D eigenvalue weighted by Gasteiger charge is -2.10. The fourth-order valence-electron chi connectivity index (χ4n) is 2.78. The van der Waals surface area contributed by atoms with Crippen LogP contribution >= 0.6 is 23.2 Å². The number of benzene rings is 3. The van der Waals surface area contributed by atoms with Crippen molar-refractivity contribution in [3.63, 3.8) is 0 Å². The molecule has 0 saturated carbocycles. The zero-order chi connectivity index (χ0) is 22.4. The molecule has 0 radical (unpaired) electrons. The van der Waals surface area contributed by atoms with Gasteiger partial charge in [0, 0.05) is 29.7 Å². The Morgan fingerprint density at radius 2 is 1.68 bits per heavy atom. The topological polar surface area (TPSA) is 84.5 Å². The van der Waals surface area contributed by atoms with E-state index in [1.54, 1.807) is 48.5 Å². The molecule has 0 aromatic heterocycles. The zero-order valence-electron chi connectivity index (χ0n) is 16.4. The summed E-state index contributed by atoms with van der Waals surface area (Å²) < 4.78 is 5.00. The van der Waals surface area contributed by atoms with Crippen LogP contribution in [-0.4, -0.2) is 17.8 Å². The summed E-state index contributed by atoms with van der Waals surface area (Å²) in [5.74, 6) is -0.884. The van der Waals surface area contributed by atoms with Gasteiger partial charge in [-0.1, -0.05) is 41.4 Å². The Kier molecular flexibility index (Phi) is 7.28. The van der Waals surface area contributed by atoms with Crippen LogP contribution in [0.1, 0.15) is 33.2 Å². The van der Waals surface area contributed by atoms with Gasteiger partial charge in [-0.05, 0) is 54.1 Å². The molecule has 2 amide bonds. The van der Waals surface area contributed by atoms with Crippen LogP contribution in [0.5, 0.6) is 5.75 Å². The van der Waals surface area contributed by atoms with Crippen molar-refractivity contribution >= 4 is 46.7 Å². The van der Waals surface area contributed by atoms with Gasteiger partial charge in [0.05, 0.1) is 10.6 Å². The molecule has 0 atom stereocenters. The van der Waals surface area contributed by atoms with E-state index in [-0.39, 0.29) is 18.0 Å². The van der Waals surface area contributed by atoms with Gasteiger partial charge in [0.15, 0.2) is 0 Å². The number of amides is 2. The van der Waals surface area contributed by atoms with Gasteiger partial charge in [-0.25, -0.2) is 0 Å². The van der Waals surface area contributed by atoms with Crippen LogP contribution in [0.25, 0.3) is 0 Å². The molecular formula is C23H18Cl2N2O4. The van der Waals surface area contributed by atoms with Gasteiger partial charge in [-0.15, -0.1) is 0 Å². The lowest BCUT2D eigenvalue weighted by molar-refractivity contribution is -0.131. The molecule has 0 aliphatic rings. The summed E-state index contributed by atoms with van der Waals surface area (Å²) in [6.45, 7) is 1.52. The maximum Gasteiger partial charge on any atom is 0.308 e. The minimum atomic E-state index is -0.463. The number of hydrogen-bond acceptors (Lipinski definition) is 4. The van der Waals surface area contributed by atoms with E-state index in [9.17, 15) is 14.4 Å². The summed E-state index contributed by atoms with van der Waals surface area (Å²) >= 11 is 12.0. The van der Waals surface area contributed by atoms with Crippen molar-refractivity contribution in [2.24, 2.45) is 0 Å². The highest BCUT2D eigenvalue weighted by Gasteiger charge is 2.12. The molecule has 0 aliphatic heterocycles. The molecule has 2 N–H and O–H groups in total. The minimum Gasteiger partial charge on any atom is -0.427 e. The first-order valence-electron chi connectivity index (χ1n) is 9.24. The monoisotopic (exact) mass is 456 g/mol. The van der Waals surface area contributed by atoms with Crippen LogP contribution in [-0.2, 0) is 11.3 Å². The molecular weight excluding hydrogens is 439 g/mol. The summed E-state index contributed by atoms with van der Waals surface area (Å²) in [5, 5.41) is 6.26. The summed E-state index contributed by atoms with van der Waals surface area (Å²) in [7, 11) is 0. The van der Waals surface area contributed by atoms with E-state index < -0.39 is 11.9 Å². The van der Waals surface area contributed by atoms with Gasteiger partial charge >= 0.3 is 5.97 Å². The third kappa shape index (κ3) is 6.31. The van der Waals surface area contributed by atoms with Gasteiger partial charge < -0.3 is 15.4 Å². The molecule has 0 spiro atoms. The van der Waals surface area contributed by atoms with Crippen molar-refractivity contribution in [3.05, 3.63) is 93.5 Å². The number of halogens is 2. The summed E-state index contributed by atoms with van der Waals surface area (Å²) in [6.07, 6.45) is 0. The first-order chi connectivity index (χ1) is 14.8. The van der Waals surface area contributed by atoms with E-state index in [1.165, 1.54) is 19.1 Å².